The van der Waals surface area contributed by atoms with Crippen LogP contribution in [0.2, 0.25) is 0 Å². The lowest BCUT2D eigenvalue weighted by atomic mass is 10.2. The summed E-state index contributed by atoms with van der Waals surface area (Å²) in [4.78, 5) is 17.4. The van der Waals surface area contributed by atoms with Gasteiger partial charge in [-0.05, 0) is 13.3 Å². The topological polar surface area (TPSA) is 72.3 Å². The summed E-state index contributed by atoms with van der Waals surface area (Å²) in [5, 5.41) is 8.96. The van der Waals surface area contributed by atoms with Crippen molar-refractivity contribution in [1.82, 2.24) is 9.97 Å². The molecule has 0 saturated heterocycles. The van der Waals surface area contributed by atoms with Gasteiger partial charge in [-0.15, -0.1) is 0 Å². The third-order valence-corrected chi connectivity index (χ3v) is 2.03. The van der Waals surface area contributed by atoms with Crippen LogP contribution >= 0.6 is 0 Å². The number of nitrogens with zero attached hydrogens (tertiary/aromatic N) is 2. The van der Waals surface area contributed by atoms with E-state index in [1.165, 1.54) is 13.8 Å². The number of rotatable bonds is 4. The number of carboxylic acid groups (broad SMARTS) is 1. The van der Waals surface area contributed by atoms with Gasteiger partial charge in [0, 0.05) is 0 Å². The van der Waals surface area contributed by atoms with Crippen LogP contribution in [0.3, 0.4) is 0 Å². The van der Waals surface area contributed by atoms with Gasteiger partial charge in [-0.25, -0.2) is 9.78 Å². The van der Waals surface area contributed by atoms with Crippen LogP contribution in [0.4, 0.5) is 13.2 Å². The lowest BCUT2D eigenvalue weighted by Gasteiger charge is -2.12. The molecule has 0 amide bonds. The molecule has 0 fully saturated rings. The average Bonchev–Trinajstić information content (AvgIpc) is 2.26. The first-order valence-corrected chi connectivity index (χ1v) is 5.15. The molecule has 1 heterocycles. The van der Waals surface area contributed by atoms with E-state index in [0.29, 0.717) is 0 Å². The lowest BCUT2D eigenvalue weighted by molar-refractivity contribution is -0.145. The normalized spacial score (nSPS) is 11.4. The number of hydrogen-bond acceptors (Lipinski definition) is 4. The second-order valence-electron chi connectivity index (χ2n) is 3.26. The Hall–Kier alpha value is -1.86. The summed E-state index contributed by atoms with van der Waals surface area (Å²) in [6.45, 7) is 3.04. The average molecular weight is 264 g/mol. The highest BCUT2D eigenvalue weighted by Crippen LogP contribution is 2.30. The highest BCUT2D eigenvalue weighted by molar-refractivity contribution is 5.91. The summed E-state index contributed by atoms with van der Waals surface area (Å²) >= 11 is 0. The predicted molar refractivity (Wildman–Crippen MR) is 54.5 cm³/mol. The van der Waals surface area contributed by atoms with E-state index in [1.54, 1.807) is 0 Å². The molecule has 18 heavy (non-hydrogen) atoms. The number of halogens is 3. The molecule has 0 saturated carbocycles. The number of aromatic nitrogens is 2. The molecule has 100 valence electrons. The standard InChI is InChI=1S/C10H11F3N2O3/c1-3-5-6(8(16)17)7(18-4-2)15-9(14-5)10(11,12)13/h3-4H2,1-2H3,(H,16,17). The highest BCUT2D eigenvalue weighted by atomic mass is 19.4. The quantitative estimate of drug-likeness (QED) is 0.902. The van der Waals surface area contributed by atoms with Gasteiger partial charge in [0.1, 0.15) is 5.56 Å². The van der Waals surface area contributed by atoms with Crippen LogP contribution in [0, 0.1) is 0 Å². The van der Waals surface area contributed by atoms with Crippen molar-refractivity contribution in [3.05, 3.63) is 17.1 Å². The zero-order valence-electron chi connectivity index (χ0n) is 9.71. The Morgan fingerprint density at radius 3 is 2.33 bits per heavy atom. The third kappa shape index (κ3) is 2.88. The summed E-state index contributed by atoms with van der Waals surface area (Å²) in [5.74, 6) is -3.36. The van der Waals surface area contributed by atoms with Gasteiger partial charge in [-0.3, -0.25) is 0 Å². The Kier molecular flexibility index (Phi) is 4.10. The van der Waals surface area contributed by atoms with Crippen molar-refractivity contribution >= 4 is 5.97 Å². The van der Waals surface area contributed by atoms with E-state index in [4.69, 9.17) is 9.84 Å². The van der Waals surface area contributed by atoms with Gasteiger partial charge in [0.15, 0.2) is 0 Å². The molecule has 1 N–H and O–H groups in total. The number of hydrogen-bond donors (Lipinski definition) is 1. The predicted octanol–water partition coefficient (Wildman–Crippen LogP) is 2.15. The molecule has 1 aromatic rings. The van der Waals surface area contributed by atoms with Gasteiger partial charge in [-0.1, -0.05) is 6.92 Å². The van der Waals surface area contributed by atoms with Crippen molar-refractivity contribution in [2.24, 2.45) is 0 Å². The van der Waals surface area contributed by atoms with E-state index in [0.717, 1.165) is 0 Å². The van der Waals surface area contributed by atoms with Crippen LogP contribution in [-0.4, -0.2) is 27.7 Å². The molecular formula is C10H11F3N2O3. The smallest absolute Gasteiger partial charge is 0.451 e. The van der Waals surface area contributed by atoms with Crippen LogP contribution in [-0.2, 0) is 12.6 Å². The highest BCUT2D eigenvalue weighted by Gasteiger charge is 2.37. The minimum atomic E-state index is -4.74. The lowest BCUT2D eigenvalue weighted by Crippen LogP contribution is -2.18. The molecule has 8 heteroatoms. The Morgan fingerprint density at radius 1 is 1.33 bits per heavy atom. The second kappa shape index (κ2) is 5.19. The molecule has 0 radical (unpaired) electrons. The Morgan fingerprint density at radius 2 is 1.94 bits per heavy atom. The Bertz CT molecular complexity index is 460. The van der Waals surface area contributed by atoms with E-state index in [1.807, 2.05) is 0 Å². The summed E-state index contributed by atoms with van der Waals surface area (Å²) in [6, 6.07) is 0. The van der Waals surface area contributed by atoms with Crippen molar-refractivity contribution in [2.45, 2.75) is 26.4 Å². The number of carbonyl (C=O) groups is 1. The number of aromatic carboxylic acids is 1. The monoisotopic (exact) mass is 264 g/mol. The van der Waals surface area contributed by atoms with Crippen molar-refractivity contribution < 1.29 is 27.8 Å². The number of alkyl halides is 3. The molecule has 0 aliphatic rings. The number of aryl methyl sites for hydroxylation is 1. The minimum absolute atomic E-state index is 0.0117. The fourth-order valence-electron chi connectivity index (χ4n) is 1.32. The van der Waals surface area contributed by atoms with Gasteiger partial charge >= 0.3 is 12.1 Å². The maximum absolute atomic E-state index is 12.5. The first kappa shape index (κ1) is 14.2. The molecule has 0 spiro atoms. The van der Waals surface area contributed by atoms with Crippen molar-refractivity contribution in [1.29, 1.82) is 0 Å². The van der Waals surface area contributed by atoms with Gasteiger partial charge in [0.05, 0.1) is 12.3 Å². The largest absolute Gasteiger partial charge is 0.477 e. The number of carboxylic acids is 1. The van der Waals surface area contributed by atoms with Gasteiger partial charge in [0.25, 0.3) is 0 Å². The second-order valence-corrected chi connectivity index (χ2v) is 3.26. The van der Waals surface area contributed by atoms with Crippen molar-refractivity contribution in [3.8, 4) is 5.88 Å². The first-order valence-electron chi connectivity index (χ1n) is 5.15. The third-order valence-electron chi connectivity index (χ3n) is 2.03. The molecule has 0 unspecified atom stereocenters. The van der Waals surface area contributed by atoms with Crippen LogP contribution in [0.1, 0.15) is 35.7 Å². The van der Waals surface area contributed by atoms with Crippen LogP contribution in [0.5, 0.6) is 5.88 Å². The van der Waals surface area contributed by atoms with E-state index in [9.17, 15) is 18.0 Å². The molecule has 5 nitrogen and oxygen atoms in total. The molecule has 1 rings (SSSR count). The fraction of sp³-hybridized carbons (Fsp3) is 0.500. The Balaban J connectivity index is 3.48. The van der Waals surface area contributed by atoms with Crippen LogP contribution in [0.25, 0.3) is 0 Å². The van der Waals surface area contributed by atoms with Crippen LogP contribution in [0.15, 0.2) is 0 Å². The van der Waals surface area contributed by atoms with E-state index < -0.39 is 29.4 Å². The zero-order chi connectivity index (χ0) is 13.9. The summed E-state index contributed by atoms with van der Waals surface area (Å²) in [5.41, 5.74) is -0.624. The molecule has 1 aromatic heterocycles. The molecule has 0 aromatic carbocycles. The first-order chi connectivity index (χ1) is 8.31. The van der Waals surface area contributed by atoms with Crippen molar-refractivity contribution in [2.75, 3.05) is 6.61 Å². The van der Waals surface area contributed by atoms with Gasteiger partial charge in [0.2, 0.25) is 11.7 Å². The maximum Gasteiger partial charge on any atom is 0.451 e. The summed E-state index contributed by atoms with van der Waals surface area (Å²) < 4.78 is 42.4. The summed E-state index contributed by atoms with van der Waals surface area (Å²) in [7, 11) is 0. The maximum atomic E-state index is 12.5. The summed E-state index contributed by atoms with van der Waals surface area (Å²) in [6.07, 6.45) is -4.71. The zero-order valence-corrected chi connectivity index (χ0v) is 9.71. The van der Waals surface area contributed by atoms with Crippen molar-refractivity contribution in [3.63, 3.8) is 0 Å². The van der Waals surface area contributed by atoms with E-state index in [-0.39, 0.29) is 18.7 Å². The molecule has 0 aliphatic carbocycles. The molecule has 0 aliphatic heterocycles. The van der Waals surface area contributed by atoms with Gasteiger partial charge in [-0.2, -0.15) is 18.2 Å². The molecular weight excluding hydrogens is 253 g/mol. The van der Waals surface area contributed by atoms with Crippen LogP contribution < -0.4 is 4.74 Å². The fourth-order valence-corrected chi connectivity index (χ4v) is 1.32. The molecule has 0 atom stereocenters. The Labute approximate surface area is 101 Å². The van der Waals surface area contributed by atoms with E-state index in [2.05, 4.69) is 9.97 Å². The minimum Gasteiger partial charge on any atom is -0.477 e. The SMILES string of the molecule is CCOc1nc(C(F)(F)F)nc(CC)c1C(=O)O. The molecule has 0 bridgehead atoms. The van der Waals surface area contributed by atoms with E-state index >= 15 is 0 Å². The van der Waals surface area contributed by atoms with Gasteiger partial charge < -0.3 is 9.84 Å². The number of ether oxygens (including phenoxy) is 1.